The number of nitrogens with zero attached hydrogens (tertiary/aromatic N) is 1. The van der Waals surface area contributed by atoms with Crippen molar-refractivity contribution >= 4 is 11.8 Å². The lowest BCUT2D eigenvalue weighted by Crippen LogP contribution is -2.43. The number of nitrogens with two attached hydrogens (primary N) is 1. The molecule has 1 saturated carbocycles. The van der Waals surface area contributed by atoms with Crippen LogP contribution in [0.3, 0.4) is 0 Å². The Hall–Kier alpha value is -0.510. The molecule has 0 bridgehead atoms. The number of likely N-dealkylation sites (N-methyl/N-ethyl adjacent to an activating group) is 1. The van der Waals surface area contributed by atoms with Crippen molar-refractivity contribution in [2.45, 2.75) is 49.6 Å². The van der Waals surface area contributed by atoms with Gasteiger partial charge in [-0.05, 0) is 49.8 Å². The van der Waals surface area contributed by atoms with Gasteiger partial charge in [0.1, 0.15) is 0 Å². The van der Waals surface area contributed by atoms with E-state index in [9.17, 15) is 0 Å². The normalized spacial score (nSPS) is 24.9. The number of hydrogen-bond donors (Lipinski definition) is 1. The fraction of sp³-hybridized carbons (Fsp3) is 0.647. The molecule has 2 rings (SSSR count). The summed E-state index contributed by atoms with van der Waals surface area (Å²) in [6, 6.07) is 9.93. The molecule has 0 saturated heterocycles. The molecule has 0 aliphatic heterocycles. The molecular weight excluding hydrogens is 264 g/mol. The topological polar surface area (TPSA) is 29.3 Å². The fourth-order valence-corrected chi connectivity index (χ4v) is 3.90. The summed E-state index contributed by atoms with van der Waals surface area (Å²) < 4.78 is 0. The first-order chi connectivity index (χ1) is 9.67. The zero-order valence-electron chi connectivity index (χ0n) is 13.0. The predicted molar refractivity (Wildman–Crippen MR) is 89.2 cm³/mol. The average Bonchev–Trinajstić information content (AvgIpc) is 2.49. The maximum absolute atomic E-state index is 6.08. The molecular formula is C17H28N2S. The van der Waals surface area contributed by atoms with Crippen molar-refractivity contribution < 1.29 is 0 Å². The number of hydrogen-bond acceptors (Lipinski definition) is 3. The smallest absolute Gasteiger partial charge is 0.0470 e. The molecule has 1 aromatic carbocycles. The quantitative estimate of drug-likeness (QED) is 0.834. The van der Waals surface area contributed by atoms with Gasteiger partial charge >= 0.3 is 0 Å². The number of benzene rings is 1. The van der Waals surface area contributed by atoms with Crippen molar-refractivity contribution in [1.82, 2.24) is 4.90 Å². The molecule has 2 nitrogen and oxygen atoms in total. The van der Waals surface area contributed by atoms with Gasteiger partial charge in [-0.1, -0.05) is 31.9 Å². The minimum Gasteiger partial charge on any atom is -0.329 e. The molecule has 0 spiro atoms. The average molecular weight is 292 g/mol. The van der Waals surface area contributed by atoms with Crippen LogP contribution in [0.1, 0.15) is 44.2 Å². The van der Waals surface area contributed by atoms with E-state index in [-0.39, 0.29) is 0 Å². The van der Waals surface area contributed by atoms with E-state index in [0.29, 0.717) is 18.6 Å². The first-order valence-electron chi connectivity index (χ1n) is 7.73. The second-order valence-electron chi connectivity index (χ2n) is 6.02. The van der Waals surface area contributed by atoms with Crippen LogP contribution in [-0.4, -0.2) is 30.8 Å². The van der Waals surface area contributed by atoms with Gasteiger partial charge in [-0.15, -0.1) is 11.8 Å². The maximum atomic E-state index is 6.08. The molecule has 112 valence electrons. The van der Waals surface area contributed by atoms with Crippen LogP contribution in [-0.2, 0) is 0 Å². The Bertz CT molecular complexity index is 404. The van der Waals surface area contributed by atoms with Crippen molar-refractivity contribution in [2.75, 3.05) is 19.8 Å². The summed E-state index contributed by atoms with van der Waals surface area (Å²) in [5.41, 5.74) is 7.43. The molecule has 2 N–H and O–H groups in total. The Morgan fingerprint density at radius 1 is 1.25 bits per heavy atom. The molecule has 0 aromatic heterocycles. The second kappa shape index (κ2) is 7.48. The van der Waals surface area contributed by atoms with Crippen LogP contribution in [0, 0.1) is 5.92 Å². The van der Waals surface area contributed by atoms with Crippen LogP contribution < -0.4 is 5.73 Å². The zero-order valence-corrected chi connectivity index (χ0v) is 13.8. The van der Waals surface area contributed by atoms with Crippen molar-refractivity contribution in [3.63, 3.8) is 0 Å². The summed E-state index contributed by atoms with van der Waals surface area (Å²) >= 11 is 1.79. The summed E-state index contributed by atoms with van der Waals surface area (Å²) in [5, 5.41) is 0. The third-order valence-electron chi connectivity index (χ3n) is 4.80. The molecule has 3 unspecified atom stereocenters. The third kappa shape index (κ3) is 3.57. The molecule has 1 aromatic rings. The molecule has 3 atom stereocenters. The Kier molecular flexibility index (Phi) is 5.94. The van der Waals surface area contributed by atoms with E-state index in [1.54, 1.807) is 11.8 Å². The fourth-order valence-electron chi connectivity index (χ4n) is 3.50. The SMILES string of the molecule is CSc1ccc(C(CN)N(C)C2CCCCC2C)cc1. The lowest BCUT2D eigenvalue weighted by molar-refractivity contribution is 0.0992. The molecule has 1 aliphatic rings. The van der Waals surface area contributed by atoms with Gasteiger partial charge in [0.15, 0.2) is 0 Å². The van der Waals surface area contributed by atoms with Crippen molar-refractivity contribution in [1.29, 1.82) is 0 Å². The first-order valence-corrected chi connectivity index (χ1v) is 8.95. The van der Waals surface area contributed by atoms with E-state index in [1.807, 2.05) is 0 Å². The highest BCUT2D eigenvalue weighted by Gasteiger charge is 2.29. The second-order valence-corrected chi connectivity index (χ2v) is 6.90. The molecule has 0 heterocycles. The maximum Gasteiger partial charge on any atom is 0.0470 e. The summed E-state index contributed by atoms with van der Waals surface area (Å²) in [4.78, 5) is 3.84. The van der Waals surface area contributed by atoms with Gasteiger partial charge < -0.3 is 5.73 Å². The van der Waals surface area contributed by atoms with E-state index in [2.05, 4.69) is 49.4 Å². The van der Waals surface area contributed by atoms with E-state index >= 15 is 0 Å². The molecule has 20 heavy (non-hydrogen) atoms. The van der Waals surface area contributed by atoms with Gasteiger partial charge in [-0.25, -0.2) is 0 Å². The van der Waals surface area contributed by atoms with Crippen LogP contribution in [0.2, 0.25) is 0 Å². The molecule has 3 heteroatoms. The van der Waals surface area contributed by atoms with Crippen LogP contribution in [0.15, 0.2) is 29.2 Å². The zero-order chi connectivity index (χ0) is 14.5. The summed E-state index contributed by atoms with van der Waals surface area (Å²) in [7, 11) is 2.26. The van der Waals surface area contributed by atoms with Crippen LogP contribution in [0.25, 0.3) is 0 Å². The van der Waals surface area contributed by atoms with E-state index in [1.165, 1.54) is 36.1 Å². The van der Waals surface area contributed by atoms with Crippen molar-refractivity contribution in [3.05, 3.63) is 29.8 Å². The largest absolute Gasteiger partial charge is 0.329 e. The summed E-state index contributed by atoms with van der Waals surface area (Å²) in [6.45, 7) is 3.09. The Morgan fingerprint density at radius 3 is 2.45 bits per heavy atom. The van der Waals surface area contributed by atoms with Gasteiger partial charge in [-0.2, -0.15) is 0 Å². The lowest BCUT2D eigenvalue weighted by atomic mass is 9.84. The Morgan fingerprint density at radius 2 is 1.90 bits per heavy atom. The summed E-state index contributed by atoms with van der Waals surface area (Å²) in [6.07, 6.45) is 7.54. The van der Waals surface area contributed by atoms with Gasteiger partial charge in [0, 0.05) is 23.5 Å². The van der Waals surface area contributed by atoms with Gasteiger partial charge in [0.05, 0.1) is 0 Å². The van der Waals surface area contributed by atoms with Gasteiger partial charge in [0.2, 0.25) is 0 Å². The molecule has 1 fully saturated rings. The lowest BCUT2D eigenvalue weighted by Gasteiger charge is -2.40. The van der Waals surface area contributed by atoms with Crippen molar-refractivity contribution in [2.24, 2.45) is 11.7 Å². The highest BCUT2D eigenvalue weighted by atomic mass is 32.2. The Balaban J connectivity index is 2.13. The first kappa shape index (κ1) is 15.9. The number of thioether (sulfide) groups is 1. The van der Waals surface area contributed by atoms with Gasteiger partial charge in [0.25, 0.3) is 0 Å². The third-order valence-corrected chi connectivity index (χ3v) is 5.55. The monoisotopic (exact) mass is 292 g/mol. The van der Waals surface area contributed by atoms with Crippen LogP contribution >= 0.6 is 11.8 Å². The van der Waals surface area contributed by atoms with E-state index in [0.717, 1.165) is 5.92 Å². The summed E-state index contributed by atoms with van der Waals surface area (Å²) in [5.74, 6) is 0.785. The predicted octanol–water partition coefficient (Wildman–Crippen LogP) is 3.92. The minimum absolute atomic E-state index is 0.344. The van der Waals surface area contributed by atoms with E-state index in [4.69, 9.17) is 5.73 Å². The molecule has 0 amide bonds. The molecule has 0 radical (unpaired) electrons. The van der Waals surface area contributed by atoms with Crippen LogP contribution in [0.4, 0.5) is 0 Å². The van der Waals surface area contributed by atoms with E-state index < -0.39 is 0 Å². The standard InChI is InChI=1S/C17H28N2S/c1-13-6-4-5-7-16(13)19(2)17(12-18)14-8-10-15(20-3)11-9-14/h8-11,13,16-17H,4-7,12,18H2,1-3H3. The number of rotatable bonds is 5. The highest BCUT2D eigenvalue weighted by molar-refractivity contribution is 7.98. The van der Waals surface area contributed by atoms with Gasteiger partial charge in [-0.3, -0.25) is 4.90 Å². The highest BCUT2D eigenvalue weighted by Crippen LogP contribution is 2.32. The Labute approximate surface area is 128 Å². The minimum atomic E-state index is 0.344. The van der Waals surface area contributed by atoms with Crippen molar-refractivity contribution in [3.8, 4) is 0 Å². The molecule has 1 aliphatic carbocycles. The van der Waals surface area contributed by atoms with Crippen LogP contribution in [0.5, 0.6) is 0 Å².